The van der Waals surface area contributed by atoms with Crippen molar-refractivity contribution in [3.63, 3.8) is 0 Å². The molecule has 16 heavy (non-hydrogen) atoms. The van der Waals surface area contributed by atoms with E-state index in [4.69, 9.17) is 9.84 Å². The zero-order valence-corrected chi connectivity index (χ0v) is 9.56. The highest BCUT2D eigenvalue weighted by atomic mass is 16.5. The summed E-state index contributed by atoms with van der Waals surface area (Å²) in [5.74, 6) is -0.919. The van der Waals surface area contributed by atoms with Gasteiger partial charge in [-0.15, -0.1) is 0 Å². The van der Waals surface area contributed by atoms with Gasteiger partial charge in [0.1, 0.15) is 11.8 Å². The molecule has 0 aromatic carbocycles. The average molecular weight is 224 g/mol. The van der Waals surface area contributed by atoms with Crippen LogP contribution < -0.4 is 0 Å². The van der Waals surface area contributed by atoms with Crippen molar-refractivity contribution in [2.75, 3.05) is 6.61 Å². The normalized spacial score (nSPS) is 21.0. The Bertz CT molecular complexity index is 406. The molecule has 1 aliphatic rings. The molecule has 5 heteroatoms. The molecule has 1 fully saturated rings. The summed E-state index contributed by atoms with van der Waals surface area (Å²) in [6, 6.07) is 0. The molecule has 0 bridgehead atoms. The van der Waals surface area contributed by atoms with E-state index in [-0.39, 0.29) is 6.23 Å². The van der Waals surface area contributed by atoms with Crippen LogP contribution in [0.15, 0.2) is 0 Å². The second kappa shape index (κ2) is 4.25. The van der Waals surface area contributed by atoms with Crippen molar-refractivity contribution in [1.29, 1.82) is 0 Å². The van der Waals surface area contributed by atoms with Gasteiger partial charge in [0.2, 0.25) is 0 Å². The van der Waals surface area contributed by atoms with Crippen molar-refractivity contribution in [2.45, 2.75) is 39.3 Å². The highest BCUT2D eigenvalue weighted by molar-refractivity contribution is 5.90. The average Bonchev–Trinajstić information content (AvgIpc) is 2.55. The molecule has 1 aromatic heterocycles. The fourth-order valence-electron chi connectivity index (χ4n) is 2.17. The third-order valence-corrected chi connectivity index (χ3v) is 2.97. The summed E-state index contributed by atoms with van der Waals surface area (Å²) in [6.07, 6.45) is 2.98. The molecule has 1 saturated heterocycles. The smallest absolute Gasteiger partial charge is 0.339 e. The van der Waals surface area contributed by atoms with Crippen molar-refractivity contribution < 1.29 is 14.6 Å². The first kappa shape index (κ1) is 11.1. The molecule has 5 nitrogen and oxygen atoms in total. The minimum atomic E-state index is -0.919. The zero-order chi connectivity index (χ0) is 11.7. The van der Waals surface area contributed by atoms with E-state index in [1.165, 1.54) is 0 Å². The van der Waals surface area contributed by atoms with E-state index in [0.717, 1.165) is 25.9 Å². The van der Waals surface area contributed by atoms with Crippen molar-refractivity contribution >= 4 is 5.97 Å². The second-order valence-corrected chi connectivity index (χ2v) is 4.12. The number of nitrogens with zero attached hydrogens (tertiary/aromatic N) is 2. The molecule has 0 aliphatic carbocycles. The summed E-state index contributed by atoms with van der Waals surface area (Å²) in [7, 11) is 0. The summed E-state index contributed by atoms with van der Waals surface area (Å²) in [4.78, 5) is 11.0. The maximum Gasteiger partial charge on any atom is 0.339 e. The largest absolute Gasteiger partial charge is 0.478 e. The first-order valence-corrected chi connectivity index (χ1v) is 5.52. The molecule has 0 unspecified atom stereocenters. The van der Waals surface area contributed by atoms with Gasteiger partial charge in [0, 0.05) is 6.61 Å². The van der Waals surface area contributed by atoms with E-state index in [1.54, 1.807) is 18.5 Å². The number of rotatable bonds is 2. The van der Waals surface area contributed by atoms with E-state index >= 15 is 0 Å². The molecular weight excluding hydrogens is 208 g/mol. The molecule has 1 aliphatic heterocycles. The third kappa shape index (κ3) is 1.82. The van der Waals surface area contributed by atoms with Crippen LogP contribution in [0, 0.1) is 13.8 Å². The predicted molar refractivity (Wildman–Crippen MR) is 57.5 cm³/mol. The lowest BCUT2D eigenvalue weighted by molar-refractivity contribution is -0.0408. The number of aromatic nitrogens is 2. The van der Waals surface area contributed by atoms with Crippen LogP contribution in [0.4, 0.5) is 0 Å². The molecule has 0 amide bonds. The number of aromatic carboxylic acids is 1. The molecule has 0 radical (unpaired) electrons. The topological polar surface area (TPSA) is 64.4 Å². The van der Waals surface area contributed by atoms with Crippen molar-refractivity contribution in [1.82, 2.24) is 9.78 Å². The Kier molecular flexibility index (Phi) is 2.96. The summed E-state index contributed by atoms with van der Waals surface area (Å²) in [5, 5.41) is 13.3. The van der Waals surface area contributed by atoms with Gasteiger partial charge >= 0.3 is 5.97 Å². The highest BCUT2D eigenvalue weighted by Crippen LogP contribution is 2.25. The lowest BCUT2D eigenvalue weighted by Crippen LogP contribution is -2.20. The summed E-state index contributed by atoms with van der Waals surface area (Å²) >= 11 is 0. The third-order valence-electron chi connectivity index (χ3n) is 2.97. The molecule has 0 spiro atoms. The molecule has 2 heterocycles. The minimum absolute atomic E-state index is 0.0967. The first-order chi connectivity index (χ1) is 7.61. The van der Waals surface area contributed by atoms with Gasteiger partial charge in [0.15, 0.2) is 0 Å². The van der Waals surface area contributed by atoms with Crippen molar-refractivity contribution in [3.8, 4) is 0 Å². The lowest BCUT2D eigenvalue weighted by Gasteiger charge is -2.23. The van der Waals surface area contributed by atoms with E-state index in [9.17, 15) is 4.79 Å². The van der Waals surface area contributed by atoms with Crippen LogP contribution in [-0.4, -0.2) is 27.5 Å². The Hall–Kier alpha value is -1.36. The maximum absolute atomic E-state index is 11.0. The fraction of sp³-hybridized carbons (Fsp3) is 0.636. The van der Waals surface area contributed by atoms with Gasteiger partial charge in [-0.3, -0.25) is 0 Å². The van der Waals surface area contributed by atoms with Gasteiger partial charge in [-0.05, 0) is 33.1 Å². The number of hydrogen-bond donors (Lipinski definition) is 1. The first-order valence-electron chi connectivity index (χ1n) is 5.52. The second-order valence-electron chi connectivity index (χ2n) is 4.12. The Morgan fingerprint density at radius 2 is 2.25 bits per heavy atom. The summed E-state index contributed by atoms with van der Waals surface area (Å²) < 4.78 is 7.31. The summed E-state index contributed by atoms with van der Waals surface area (Å²) in [5.41, 5.74) is 1.53. The van der Waals surface area contributed by atoms with Crippen LogP contribution in [0.3, 0.4) is 0 Å². The van der Waals surface area contributed by atoms with Gasteiger partial charge in [0.05, 0.1) is 11.4 Å². The van der Waals surface area contributed by atoms with Gasteiger partial charge in [-0.25, -0.2) is 9.48 Å². The highest BCUT2D eigenvalue weighted by Gasteiger charge is 2.24. The SMILES string of the molecule is Cc1nn([C@H]2CCCCO2)c(C)c1C(=O)O. The Morgan fingerprint density at radius 3 is 2.75 bits per heavy atom. The van der Waals surface area contributed by atoms with E-state index in [2.05, 4.69) is 5.10 Å². The quantitative estimate of drug-likeness (QED) is 0.833. The van der Waals surface area contributed by atoms with Crippen LogP contribution in [-0.2, 0) is 4.74 Å². The number of ether oxygens (including phenoxy) is 1. The van der Waals surface area contributed by atoms with Crippen molar-refractivity contribution in [2.24, 2.45) is 0 Å². The van der Waals surface area contributed by atoms with Crippen LogP contribution in [0.25, 0.3) is 0 Å². The number of carboxylic acids is 1. The molecule has 1 atom stereocenters. The number of aryl methyl sites for hydroxylation is 1. The molecule has 0 saturated carbocycles. The van der Waals surface area contributed by atoms with Gasteiger partial charge < -0.3 is 9.84 Å². The van der Waals surface area contributed by atoms with Crippen LogP contribution in [0.2, 0.25) is 0 Å². The van der Waals surface area contributed by atoms with E-state index < -0.39 is 5.97 Å². The number of hydrogen-bond acceptors (Lipinski definition) is 3. The molecule has 1 N–H and O–H groups in total. The van der Waals surface area contributed by atoms with Crippen molar-refractivity contribution in [3.05, 3.63) is 17.0 Å². The zero-order valence-electron chi connectivity index (χ0n) is 9.56. The maximum atomic E-state index is 11.0. The molecular formula is C11H16N2O3. The van der Waals surface area contributed by atoms with Crippen LogP contribution >= 0.6 is 0 Å². The molecule has 1 aromatic rings. The van der Waals surface area contributed by atoms with Crippen LogP contribution in [0.1, 0.15) is 47.2 Å². The van der Waals surface area contributed by atoms with Gasteiger partial charge in [-0.1, -0.05) is 0 Å². The monoisotopic (exact) mass is 224 g/mol. The Morgan fingerprint density at radius 1 is 1.50 bits per heavy atom. The number of carbonyl (C=O) groups is 1. The Balaban J connectivity index is 2.34. The van der Waals surface area contributed by atoms with Gasteiger partial charge in [0.25, 0.3) is 0 Å². The minimum Gasteiger partial charge on any atom is -0.478 e. The van der Waals surface area contributed by atoms with Crippen LogP contribution in [0.5, 0.6) is 0 Å². The standard InChI is InChI=1S/C11H16N2O3/c1-7-10(11(14)15)8(2)13(12-7)9-5-3-4-6-16-9/h9H,3-6H2,1-2H3,(H,14,15)/t9-/m1/s1. The fourth-order valence-corrected chi connectivity index (χ4v) is 2.17. The van der Waals surface area contributed by atoms with E-state index in [1.807, 2.05) is 0 Å². The van der Waals surface area contributed by atoms with E-state index in [0.29, 0.717) is 17.0 Å². The van der Waals surface area contributed by atoms with Gasteiger partial charge in [-0.2, -0.15) is 5.10 Å². The predicted octanol–water partition coefficient (Wildman–Crippen LogP) is 1.90. The number of carboxylic acid groups (broad SMARTS) is 1. The molecule has 2 rings (SSSR count). The summed E-state index contributed by atoms with van der Waals surface area (Å²) in [6.45, 7) is 4.22. The lowest BCUT2D eigenvalue weighted by atomic mass is 10.1. The molecule has 88 valence electrons. The Labute approximate surface area is 94.0 Å².